The number of nitrogens with zero attached hydrogens (tertiary/aromatic N) is 1. The summed E-state index contributed by atoms with van der Waals surface area (Å²) in [5.41, 5.74) is -0.499. The van der Waals surface area contributed by atoms with Gasteiger partial charge in [-0.2, -0.15) is 0 Å². The summed E-state index contributed by atoms with van der Waals surface area (Å²) >= 11 is 4.94. The van der Waals surface area contributed by atoms with Crippen molar-refractivity contribution in [3.05, 3.63) is 27.4 Å². The summed E-state index contributed by atoms with van der Waals surface area (Å²) in [6, 6.07) is 1.76. The van der Waals surface area contributed by atoms with Gasteiger partial charge in [0.05, 0.1) is 12.0 Å². The zero-order valence-corrected chi connectivity index (χ0v) is 21.2. The van der Waals surface area contributed by atoms with Gasteiger partial charge in [0.15, 0.2) is 0 Å². The van der Waals surface area contributed by atoms with E-state index in [-0.39, 0.29) is 23.0 Å². The topological polar surface area (TPSA) is 64.1 Å². The molecule has 6 heteroatoms. The van der Waals surface area contributed by atoms with E-state index in [9.17, 15) is 9.59 Å². The highest BCUT2D eigenvalue weighted by Crippen LogP contribution is 2.35. The third-order valence-corrected chi connectivity index (χ3v) is 6.48. The van der Waals surface area contributed by atoms with Crippen LogP contribution in [0.4, 0.5) is 0 Å². The first kappa shape index (κ1) is 27.6. The molecule has 0 bridgehead atoms. The number of nitrogens with one attached hydrogen (secondary N) is 1. The molecule has 0 fully saturated rings. The van der Waals surface area contributed by atoms with Crippen LogP contribution in [0.25, 0.3) is 0 Å². The van der Waals surface area contributed by atoms with Gasteiger partial charge in [-0.1, -0.05) is 84.9 Å². The predicted octanol–water partition coefficient (Wildman–Crippen LogP) is 6.67. The number of ether oxygens (including phenoxy) is 1. The van der Waals surface area contributed by atoms with Crippen LogP contribution in [0.3, 0.4) is 0 Å². The molecule has 0 amide bonds. The van der Waals surface area contributed by atoms with Crippen molar-refractivity contribution in [3.63, 3.8) is 0 Å². The molecule has 1 unspecified atom stereocenters. The summed E-state index contributed by atoms with van der Waals surface area (Å²) in [6.07, 6.45) is 13.0. The van der Waals surface area contributed by atoms with Gasteiger partial charge in [-0.25, -0.2) is 4.79 Å². The molecule has 1 N–H and O–H groups in total. The third-order valence-electron chi connectivity index (χ3n) is 6.25. The smallest absolute Gasteiger partial charge is 0.326 e. The summed E-state index contributed by atoms with van der Waals surface area (Å²) in [7, 11) is 0. The van der Waals surface area contributed by atoms with Crippen molar-refractivity contribution in [1.82, 2.24) is 9.55 Å². The van der Waals surface area contributed by atoms with Gasteiger partial charge in [0.1, 0.15) is 4.64 Å². The SMILES string of the molecule is CC(C)CC(C)(C(=O)OCCCCCCCCCCCn1ccc(=S)[nH]c1=O)C(C)C. The summed E-state index contributed by atoms with van der Waals surface area (Å²) in [4.78, 5) is 27.0. The molecule has 5 nitrogen and oxygen atoms in total. The Balaban J connectivity index is 2.03. The highest BCUT2D eigenvalue weighted by atomic mass is 32.1. The molecule has 0 aliphatic carbocycles. The number of carbonyl (C=O) groups excluding carboxylic acids is 1. The number of unbranched alkanes of at least 4 members (excludes halogenated alkanes) is 8. The average Bonchev–Trinajstić information content (AvgIpc) is 2.69. The number of aryl methyl sites for hydroxylation is 1. The molecule has 1 atom stereocenters. The van der Waals surface area contributed by atoms with Gasteiger partial charge in [0, 0.05) is 12.7 Å². The maximum atomic E-state index is 12.6. The lowest BCUT2D eigenvalue weighted by Crippen LogP contribution is -2.36. The van der Waals surface area contributed by atoms with E-state index >= 15 is 0 Å². The lowest BCUT2D eigenvalue weighted by Gasteiger charge is -2.32. The number of esters is 1. The van der Waals surface area contributed by atoms with Crippen LogP contribution in [-0.2, 0) is 16.1 Å². The maximum absolute atomic E-state index is 12.6. The van der Waals surface area contributed by atoms with E-state index in [0.717, 1.165) is 38.6 Å². The van der Waals surface area contributed by atoms with E-state index < -0.39 is 0 Å². The Bertz CT molecular complexity index is 754. The van der Waals surface area contributed by atoms with Crippen molar-refractivity contribution < 1.29 is 9.53 Å². The molecular formula is C25H44N2O3S. The van der Waals surface area contributed by atoms with Crippen molar-refractivity contribution in [1.29, 1.82) is 0 Å². The van der Waals surface area contributed by atoms with Gasteiger partial charge in [-0.15, -0.1) is 0 Å². The Morgan fingerprint density at radius 3 is 2.10 bits per heavy atom. The monoisotopic (exact) mass is 452 g/mol. The summed E-state index contributed by atoms with van der Waals surface area (Å²) < 4.78 is 7.80. The fourth-order valence-corrected chi connectivity index (χ4v) is 4.12. The Hall–Kier alpha value is -1.43. The van der Waals surface area contributed by atoms with Crippen LogP contribution in [0, 0.1) is 21.9 Å². The van der Waals surface area contributed by atoms with Crippen LogP contribution in [0.5, 0.6) is 0 Å². The normalized spacial score (nSPS) is 13.5. The summed E-state index contributed by atoms with van der Waals surface area (Å²) in [6.45, 7) is 11.9. The summed E-state index contributed by atoms with van der Waals surface area (Å²) in [5.74, 6) is 0.741. The maximum Gasteiger partial charge on any atom is 0.326 e. The minimum atomic E-state index is -0.380. The number of hydrogen-bond donors (Lipinski definition) is 1. The number of carbonyl (C=O) groups is 1. The van der Waals surface area contributed by atoms with E-state index in [4.69, 9.17) is 17.0 Å². The number of rotatable bonds is 16. The quantitative estimate of drug-likeness (QED) is 0.173. The van der Waals surface area contributed by atoms with Crippen molar-refractivity contribution in [2.45, 2.75) is 105 Å². The van der Waals surface area contributed by atoms with E-state index in [2.05, 4.69) is 32.7 Å². The van der Waals surface area contributed by atoms with Crippen molar-refractivity contribution in [2.75, 3.05) is 6.61 Å². The molecule has 0 aromatic carbocycles. The Labute approximate surface area is 194 Å². The van der Waals surface area contributed by atoms with Gasteiger partial charge in [0.2, 0.25) is 0 Å². The lowest BCUT2D eigenvalue weighted by molar-refractivity contribution is -0.159. The molecule has 0 aliphatic rings. The first-order chi connectivity index (χ1) is 14.7. The van der Waals surface area contributed by atoms with E-state index in [1.807, 2.05) is 6.92 Å². The predicted molar refractivity (Wildman–Crippen MR) is 131 cm³/mol. The number of hydrogen-bond acceptors (Lipinski definition) is 4. The van der Waals surface area contributed by atoms with E-state index in [1.165, 1.54) is 32.1 Å². The molecule has 0 aliphatic heterocycles. The molecule has 1 aromatic rings. The molecule has 0 radical (unpaired) electrons. The van der Waals surface area contributed by atoms with Crippen LogP contribution in [0.2, 0.25) is 0 Å². The first-order valence-electron chi connectivity index (χ1n) is 12.1. The molecule has 0 spiro atoms. The fraction of sp³-hybridized carbons (Fsp3) is 0.800. The van der Waals surface area contributed by atoms with Gasteiger partial charge in [-0.05, 0) is 44.1 Å². The third kappa shape index (κ3) is 10.6. The average molecular weight is 453 g/mol. The molecular weight excluding hydrogens is 408 g/mol. The van der Waals surface area contributed by atoms with Crippen molar-refractivity contribution >= 4 is 18.2 Å². The van der Waals surface area contributed by atoms with Crippen LogP contribution >= 0.6 is 12.2 Å². The molecule has 178 valence electrons. The van der Waals surface area contributed by atoms with Gasteiger partial charge < -0.3 is 9.30 Å². The summed E-state index contributed by atoms with van der Waals surface area (Å²) in [5, 5.41) is 0. The van der Waals surface area contributed by atoms with Gasteiger partial charge >= 0.3 is 11.7 Å². The Kier molecular flexibility index (Phi) is 13.0. The van der Waals surface area contributed by atoms with E-state index in [0.29, 0.717) is 17.2 Å². The standard InChI is InChI=1S/C25H44N2O3S/c1-20(2)19-25(5,21(3)4)23(28)30-18-14-12-10-8-6-7-9-11-13-16-27-17-15-22(31)26-24(27)29/h15,17,20-21H,6-14,16,18-19H2,1-5H3,(H,26,29,31). The second-order valence-electron chi connectivity index (χ2n) is 9.79. The number of H-pyrrole nitrogens is 1. The lowest BCUT2D eigenvalue weighted by atomic mass is 9.73. The van der Waals surface area contributed by atoms with Crippen LogP contribution in [0.15, 0.2) is 17.1 Å². The molecule has 1 rings (SSSR count). The molecule has 31 heavy (non-hydrogen) atoms. The van der Waals surface area contributed by atoms with Gasteiger partial charge in [-0.3, -0.25) is 9.78 Å². The molecule has 0 saturated heterocycles. The second kappa shape index (κ2) is 14.6. The van der Waals surface area contributed by atoms with E-state index in [1.54, 1.807) is 16.8 Å². The second-order valence-corrected chi connectivity index (χ2v) is 10.2. The molecule has 1 heterocycles. The number of aromatic amines is 1. The Morgan fingerprint density at radius 1 is 1.03 bits per heavy atom. The largest absolute Gasteiger partial charge is 0.465 e. The minimum absolute atomic E-state index is 0.0311. The zero-order valence-electron chi connectivity index (χ0n) is 20.4. The Morgan fingerprint density at radius 2 is 1.58 bits per heavy atom. The highest BCUT2D eigenvalue weighted by molar-refractivity contribution is 7.71. The molecule has 0 saturated carbocycles. The number of aromatic nitrogens is 2. The van der Waals surface area contributed by atoms with Crippen LogP contribution in [0.1, 0.15) is 98.8 Å². The van der Waals surface area contributed by atoms with Crippen molar-refractivity contribution in [3.8, 4) is 0 Å². The molecule has 1 aromatic heterocycles. The zero-order chi connectivity index (χ0) is 23.3. The fourth-order valence-electron chi connectivity index (χ4n) is 3.97. The first-order valence-corrected chi connectivity index (χ1v) is 12.5. The minimum Gasteiger partial charge on any atom is -0.465 e. The van der Waals surface area contributed by atoms with Crippen molar-refractivity contribution in [2.24, 2.45) is 17.3 Å². The highest BCUT2D eigenvalue weighted by Gasteiger charge is 2.38. The van der Waals surface area contributed by atoms with Crippen LogP contribution < -0.4 is 5.69 Å². The van der Waals surface area contributed by atoms with Gasteiger partial charge in [0.25, 0.3) is 0 Å². The van der Waals surface area contributed by atoms with Crippen LogP contribution in [-0.4, -0.2) is 22.1 Å².